The number of aryl methyl sites for hydroxylation is 2. The van der Waals surface area contributed by atoms with E-state index in [0.29, 0.717) is 17.8 Å². The average Bonchev–Trinajstić information content (AvgIpc) is 3.42. The summed E-state index contributed by atoms with van der Waals surface area (Å²) in [7, 11) is 0. The van der Waals surface area contributed by atoms with Crippen LogP contribution in [0.25, 0.3) is 0 Å². The Labute approximate surface area is 199 Å². The van der Waals surface area contributed by atoms with Crippen molar-refractivity contribution >= 4 is 28.8 Å². The molecule has 2 atom stereocenters. The van der Waals surface area contributed by atoms with Crippen molar-refractivity contribution in [3.05, 3.63) is 57.3 Å². The normalized spacial score (nSPS) is 22.1. The highest BCUT2D eigenvalue weighted by molar-refractivity contribution is 8.16. The van der Waals surface area contributed by atoms with Gasteiger partial charge in [0.1, 0.15) is 0 Å². The van der Waals surface area contributed by atoms with Crippen LogP contribution in [-0.2, 0) is 19.1 Å². The maximum atomic E-state index is 13.0. The Morgan fingerprint density at radius 1 is 1.30 bits per heavy atom. The Kier molecular flexibility index (Phi) is 7.24. The number of hydrogen-bond acceptors (Lipinski definition) is 7. The summed E-state index contributed by atoms with van der Waals surface area (Å²) in [5.41, 5.74) is 5.22. The van der Waals surface area contributed by atoms with Crippen molar-refractivity contribution in [1.82, 2.24) is 10.2 Å². The van der Waals surface area contributed by atoms with Crippen LogP contribution in [0.3, 0.4) is 0 Å². The highest BCUT2D eigenvalue weighted by atomic mass is 32.2. The second kappa shape index (κ2) is 10.1. The fourth-order valence-electron chi connectivity index (χ4n) is 4.53. The summed E-state index contributed by atoms with van der Waals surface area (Å²) >= 11 is 1.48. The molecule has 1 saturated heterocycles. The zero-order valence-corrected chi connectivity index (χ0v) is 20.5. The smallest absolute Gasteiger partial charge is 0.338 e. The lowest BCUT2D eigenvalue weighted by molar-refractivity contribution is -0.139. The molecular formula is C25H31N3O4S. The van der Waals surface area contributed by atoms with Gasteiger partial charge in [0.2, 0.25) is 5.91 Å². The zero-order chi connectivity index (χ0) is 23.5. The number of benzene rings is 1. The van der Waals surface area contributed by atoms with E-state index in [1.54, 1.807) is 6.92 Å². The number of hydrogen-bond donors (Lipinski definition) is 1. The van der Waals surface area contributed by atoms with Gasteiger partial charge in [-0.15, -0.1) is 0 Å². The van der Waals surface area contributed by atoms with Crippen molar-refractivity contribution in [3.8, 4) is 0 Å². The number of amides is 1. The summed E-state index contributed by atoms with van der Waals surface area (Å²) in [6, 6.07) is 5.82. The molecule has 8 heteroatoms. The molecule has 1 amide bonds. The molecule has 1 aromatic rings. The number of fused-ring (bicyclic) bond motifs is 1. The number of allylic oxidation sites excluding steroid dienone is 1. The van der Waals surface area contributed by atoms with Gasteiger partial charge in [-0.05, 0) is 57.1 Å². The lowest BCUT2D eigenvalue weighted by Gasteiger charge is -2.37. The third-order valence-electron chi connectivity index (χ3n) is 6.11. The topological polar surface area (TPSA) is 80.2 Å². The Balaban J connectivity index is 1.63. The van der Waals surface area contributed by atoms with E-state index in [4.69, 9.17) is 14.5 Å². The van der Waals surface area contributed by atoms with Gasteiger partial charge in [0.05, 0.1) is 36.4 Å². The molecule has 4 rings (SSSR count). The molecule has 3 aliphatic heterocycles. The van der Waals surface area contributed by atoms with Crippen molar-refractivity contribution in [2.75, 3.05) is 19.8 Å². The van der Waals surface area contributed by atoms with Crippen LogP contribution in [0.1, 0.15) is 55.8 Å². The minimum atomic E-state index is -0.399. The second-order valence-electron chi connectivity index (χ2n) is 8.59. The molecule has 0 spiro atoms. The monoisotopic (exact) mass is 469 g/mol. The number of ether oxygens (including phenoxy) is 2. The predicted molar refractivity (Wildman–Crippen MR) is 130 cm³/mol. The van der Waals surface area contributed by atoms with Gasteiger partial charge in [-0.2, -0.15) is 0 Å². The van der Waals surface area contributed by atoms with Gasteiger partial charge in [-0.25, -0.2) is 9.79 Å². The number of thioether (sulfide) groups is 1. The van der Waals surface area contributed by atoms with Gasteiger partial charge in [-0.1, -0.05) is 35.5 Å². The van der Waals surface area contributed by atoms with Crippen molar-refractivity contribution < 1.29 is 19.1 Å². The van der Waals surface area contributed by atoms with E-state index < -0.39 is 6.04 Å². The summed E-state index contributed by atoms with van der Waals surface area (Å²) in [6.45, 7) is 9.31. The number of esters is 1. The highest BCUT2D eigenvalue weighted by Gasteiger charge is 2.41. The number of nitrogens with zero attached hydrogens (tertiary/aromatic N) is 2. The molecule has 0 unspecified atom stereocenters. The molecule has 176 valence electrons. The first kappa shape index (κ1) is 23.6. The number of aliphatic imine (C=N–C) groups is 1. The summed E-state index contributed by atoms with van der Waals surface area (Å²) in [4.78, 5) is 32.5. The van der Waals surface area contributed by atoms with Crippen LogP contribution >= 0.6 is 11.8 Å². The summed E-state index contributed by atoms with van der Waals surface area (Å²) in [5.74, 6) is -0.441. The molecule has 3 heterocycles. The fraction of sp³-hybridized carbons (Fsp3) is 0.480. The maximum absolute atomic E-state index is 13.0. The predicted octanol–water partition coefficient (Wildman–Crippen LogP) is 4.13. The Bertz CT molecular complexity index is 1040. The summed E-state index contributed by atoms with van der Waals surface area (Å²) < 4.78 is 11.0. The van der Waals surface area contributed by atoms with Gasteiger partial charge in [0, 0.05) is 18.8 Å². The van der Waals surface area contributed by atoms with E-state index >= 15 is 0 Å². The van der Waals surface area contributed by atoms with Crippen molar-refractivity contribution in [2.24, 2.45) is 4.99 Å². The van der Waals surface area contributed by atoms with Crippen molar-refractivity contribution in [3.63, 3.8) is 0 Å². The average molecular weight is 470 g/mol. The first-order chi connectivity index (χ1) is 15.9. The summed E-state index contributed by atoms with van der Waals surface area (Å²) in [6.07, 6.45) is 2.31. The fourth-order valence-corrected chi connectivity index (χ4v) is 5.49. The van der Waals surface area contributed by atoms with E-state index in [-0.39, 0.29) is 31.0 Å². The van der Waals surface area contributed by atoms with E-state index in [9.17, 15) is 9.59 Å². The second-order valence-corrected chi connectivity index (χ2v) is 9.43. The van der Waals surface area contributed by atoms with Gasteiger partial charge >= 0.3 is 5.97 Å². The molecule has 0 saturated carbocycles. The van der Waals surface area contributed by atoms with Gasteiger partial charge in [0.25, 0.3) is 0 Å². The SMILES string of the molecule is CCOC(=O)C1=C(C)N=C2SC=C(CC(=O)NC[C@H]3CCCO3)N2[C@H]1c1ccc(C)cc1C. The molecule has 1 fully saturated rings. The lowest BCUT2D eigenvalue weighted by Crippen LogP contribution is -2.39. The van der Waals surface area contributed by atoms with Crippen LogP contribution in [0.4, 0.5) is 0 Å². The number of amidine groups is 1. The molecule has 3 aliphatic rings. The minimum Gasteiger partial charge on any atom is -0.463 e. The quantitative estimate of drug-likeness (QED) is 0.605. The number of nitrogens with one attached hydrogen (secondary N) is 1. The Hall–Kier alpha value is -2.58. The highest BCUT2D eigenvalue weighted by Crippen LogP contribution is 2.45. The number of carbonyl (C=O) groups excluding carboxylic acids is 2. The van der Waals surface area contributed by atoms with Crippen LogP contribution in [0.5, 0.6) is 0 Å². The standard InChI is InChI=1S/C25H31N3O4S/c1-5-31-24(30)22-17(4)27-25-28(23(22)20-9-8-15(2)11-16(20)3)18(14-33-25)12-21(29)26-13-19-7-6-10-32-19/h8-9,11,14,19,23H,5-7,10,12-13H2,1-4H3,(H,26,29)/t19-,23+/m1/s1. The van der Waals surface area contributed by atoms with Crippen LogP contribution < -0.4 is 5.32 Å². The molecule has 1 aromatic carbocycles. The first-order valence-corrected chi connectivity index (χ1v) is 12.3. The molecule has 0 bridgehead atoms. The zero-order valence-electron chi connectivity index (χ0n) is 19.6. The Morgan fingerprint density at radius 3 is 2.82 bits per heavy atom. The maximum Gasteiger partial charge on any atom is 0.338 e. The third kappa shape index (κ3) is 5.01. The van der Waals surface area contributed by atoms with Crippen LogP contribution in [0.2, 0.25) is 0 Å². The van der Waals surface area contributed by atoms with Gasteiger partial charge in [0.15, 0.2) is 5.17 Å². The molecule has 0 aliphatic carbocycles. The Morgan fingerprint density at radius 2 is 2.12 bits per heavy atom. The molecule has 0 aromatic heterocycles. The van der Waals surface area contributed by atoms with Crippen LogP contribution in [-0.4, -0.2) is 47.8 Å². The molecule has 33 heavy (non-hydrogen) atoms. The van der Waals surface area contributed by atoms with Crippen molar-refractivity contribution in [2.45, 2.75) is 59.1 Å². The third-order valence-corrected chi connectivity index (χ3v) is 7.00. The largest absolute Gasteiger partial charge is 0.463 e. The molecule has 0 radical (unpaired) electrons. The molecule has 1 N–H and O–H groups in total. The van der Waals surface area contributed by atoms with E-state index in [2.05, 4.69) is 17.4 Å². The van der Waals surface area contributed by atoms with E-state index in [1.165, 1.54) is 11.8 Å². The summed E-state index contributed by atoms with van der Waals surface area (Å²) in [5, 5.41) is 5.73. The van der Waals surface area contributed by atoms with Gasteiger partial charge < -0.3 is 19.7 Å². The first-order valence-electron chi connectivity index (χ1n) is 11.5. The molecule has 7 nitrogen and oxygen atoms in total. The van der Waals surface area contributed by atoms with E-state index in [1.807, 2.05) is 37.1 Å². The lowest BCUT2D eigenvalue weighted by atomic mass is 9.90. The number of rotatable bonds is 7. The van der Waals surface area contributed by atoms with E-state index in [0.717, 1.165) is 47.0 Å². The van der Waals surface area contributed by atoms with Crippen molar-refractivity contribution in [1.29, 1.82) is 0 Å². The molecular weight excluding hydrogens is 438 g/mol. The van der Waals surface area contributed by atoms with Gasteiger partial charge in [-0.3, -0.25) is 4.79 Å². The van der Waals surface area contributed by atoms with Crippen LogP contribution in [0, 0.1) is 13.8 Å². The minimum absolute atomic E-state index is 0.0677. The number of carbonyl (C=O) groups is 2. The van der Waals surface area contributed by atoms with Crippen LogP contribution in [0.15, 0.2) is 45.6 Å².